The van der Waals surface area contributed by atoms with Gasteiger partial charge in [0.15, 0.2) is 5.71 Å². The quantitative estimate of drug-likeness (QED) is 0.503. The molecule has 3 heterocycles. The highest BCUT2D eigenvalue weighted by atomic mass is 16.8. The maximum atomic E-state index is 13.0. The fourth-order valence-electron chi connectivity index (χ4n) is 3.45. The van der Waals surface area contributed by atoms with Crippen molar-refractivity contribution in [2.45, 2.75) is 6.10 Å². The Kier molecular flexibility index (Phi) is 3.48. The molecular weight excluding hydrogens is 364 g/mol. The third-order valence-corrected chi connectivity index (χ3v) is 4.73. The monoisotopic (exact) mass is 376 g/mol. The lowest BCUT2D eigenvalue weighted by Gasteiger charge is -2.14. The third-order valence-electron chi connectivity index (χ3n) is 4.73. The number of rotatable bonds is 3. The number of nitrogens with zero attached hydrogens (tertiary/aromatic N) is 4. The van der Waals surface area contributed by atoms with Crippen molar-refractivity contribution in [1.29, 1.82) is 0 Å². The second-order valence-corrected chi connectivity index (χ2v) is 6.32. The van der Waals surface area contributed by atoms with Gasteiger partial charge in [0.1, 0.15) is 5.92 Å². The van der Waals surface area contributed by atoms with Gasteiger partial charge in [-0.05, 0) is 17.0 Å². The Morgan fingerprint density at radius 1 is 0.964 bits per heavy atom. The molecule has 2 aliphatic rings. The van der Waals surface area contributed by atoms with Crippen LogP contribution in [0.5, 0.6) is 0 Å². The van der Waals surface area contributed by atoms with Crippen molar-refractivity contribution >= 4 is 23.2 Å². The number of amides is 2. The molecule has 1 fully saturated rings. The van der Waals surface area contributed by atoms with Gasteiger partial charge in [0.2, 0.25) is 12.0 Å². The van der Waals surface area contributed by atoms with Crippen molar-refractivity contribution in [1.82, 2.24) is 5.16 Å². The number of aromatic nitrogens is 2. The van der Waals surface area contributed by atoms with Gasteiger partial charge in [0.05, 0.1) is 5.69 Å². The fraction of sp³-hybridized carbons (Fsp3) is 0.105. The summed E-state index contributed by atoms with van der Waals surface area (Å²) >= 11 is 0. The Morgan fingerprint density at radius 3 is 2.36 bits per heavy atom. The second-order valence-electron chi connectivity index (χ2n) is 6.32. The number of anilines is 1. The van der Waals surface area contributed by atoms with E-state index in [1.165, 1.54) is 0 Å². The molecule has 2 amide bonds. The summed E-state index contributed by atoms with van der Waals surface area (Å²) in [4.78, 5) is 32.3. The highest BCUT2D eigenvalue weighted by molar-refractivity contribution is 6.32. The van der Waals surface area contributed by atoms with Crippen LogP contribution >= 0.6 is 0 Å². The molecule has 0 spiro atoms. The lowest BCUT2D eigenvalue weighted by Crippen LogP contribution is -2.38. The molecular formula is C19H12N4O5. The Bertz CT molecular complexity index is 1110. The lowest BCUT2D eigenvalue weighted by atomic mass is 9.95. The summed E-state index contributed by atoms with van der Waals surface area (Å²) in [5.41, 5.74) is 1.24. The van der Waals surface area contributed by atoms with Gasteiger partial charge in [-0.3, -0.25) is 14.2 Å². The first kappa shape index (κ1) is 16.2. The van der Waals surface area contributed by atoms with Crippen molar-refractivity contribution in [3.8, 4) is 11.3 Å². The summed E-state index contributed by atoms with van der Waals surface area (Å²) in [5.74, 6) is -2.09. The van der Waals surface area contributed by atoms with E-state index in [0.717, 1.165) is 4.90 Å². The predicted octanol–water partition coefficient (Wildman–Crippen LogP) is 1.27. The molecule has 1 saturated heterocycles. The summed E-state index contributed by atoms with van der Waals surface area (Å²) in [7, 11) is 0. The lowest BCUT2D eigenvalue weighted by molar-refractivity contribution is -0.803. The van der Waals surface area contributed by atoms with E-state index in [1.807, 2.05) is 6.07 Å². The summed E-state index contributed by atoms with van der Waals surface area (Å²) in [6, 6.07) is 17.4. The van der Waals surface area contributed by atoms with Crippen molar-refractivity contribution in [2.24, 2.45) is 11.1 Å². The zero-order valence-electron chi connectivity index (χ0n) is 14.3. The van der Waals surface area contributed by atoms with Crippen molar-refractivity contribution in [2.75, 3.05) is 4.90 Å². The van der Waals surface area contributed by atoms with Crippen LogP contribution in [-0.4, -0.2) is 28.8 Å². The van der Waals surface area contributed by atoms with E-state index >= 15 is 0 Å². The number of para-hydroxylation sites is 1. The Labute approximate surface area is 157 Å². The summed E-state index contributed by atoms with van der Waals surface area (Å²) in [5, 5.41) is 19.9. The van der Waals surface area contributed by atoms with Gasteiger partial charge in [0, 0.05) is 10.7 Å². The minimum Gasteiger partial charge on any atom is -0.381 e. The molecule has 0 unspecified atom stereocenters. The molecule has 1 aromatic heterocycles. The van der Waals surface area contributed by atoms with Crippen molar-refractivity contribution in [3.63, 3.8) is 0 Å². The van der Waals surface area contributed by atoms with E-state index in [4.69, 9.17) is 9.47 Å². The average molecular weight is 376 g/mol. The van der Waals surface area contributed by atoms with Gasteiger partial charge in [-0.1, -0.05) is 53.7 Å². The molecule has 0 saturated carbocycles. The molecule has 5 rings (SSSR count). The molecule has 9 heteroatoms. The summed E-state index contributed by atoms with van der Waals surface area (Å²) < 4.78 is 4.75. The molecule has 3 aromatic rings. The van der Waals surface area contributed by atoms with Crippen LogP contribution in [0.2, 0.25) is 0 Å². The molecule has 9 nitrogen and oxygen atoms in total. The first-order valence-electron chi connectivity index (χ1n) is 8.49. The fourth-order valence-corrected chi connectivity index (χ4v) is 3.45. The van der Waals surface area contributed by atoms with Gasteiger partial charge in [-0.15, -0.1) is 0 Å². The van der Waals surface area contributed by atoms with Crippen LogP contribution in [0.25, 0.3) is 11.3 Å². The van der Waals surface area contributed by atoms with Crippen LogP contribution in [0, 0.1) is 11.1 Å². The van der Waals surface area contributed by atoms with Gasteiger partial charge >= 0.3 is 0 Å². The van der Waals surface area contributed by atoms with Gasteiger partial charge in [-0.25, -0.2) is 4.90 Å². The van der Waals surface area contributed by atoms with E-state index in [0.29, 0.717) is 11.3 Å². The van der Waals surface area contributed by atoms with E-state index in [9.17, 15) is 14.8 Å². The van der Waals surface area contributed by atoms with E-state index in [-0.39, 0.29) is 22.0 Å². The van der Waals surface area contributed by atoms with Crippen LogP contribution in [0.15, 0.2) is 70.4 Å². The number of fused-ring (bicyclic) bond motifs is 1. The zero-order valence-corrected chi connectivity index (χ0v) is 14.3. The van der Waals surface area contributed by atoms with Crippen LogP contribution in [0.4, 0.5) is 5.69 Å². The van der Waals surface area contributed by atoms with Crippen LogP contribution in [0.3, 0.4) is 0 Å². The SMILES string of the molecule is O=C1[C@@H]2C(c3c(-c4ccccc4)no[n+]3[O-])=NO[C@@H]2C(=O)N1c1ccccc1. The smallest absolute Gasteiger partial charge is 0.278 e. The molecule has 2 atom stereocenters. The van der Waals surface area contributed by atoms with Crippen LogP contribution < -0.4 is 9.80 Å². The Morgan fingerprint density at radius 2 is 1.64 bits per heavy atom. The third kappa shape index (κ3) is 2.22. The first-order chi connectivity index (χ1) is 13.7. The number of oxime groups is 1. The van der Waals surface area contributed by atoms with Crippen molar-refractivity contribution < 1.29 is 24.0 Å². The summed E-state index contributed by atoms with van der Waals surface area (Å²) in [6.45, 7) is 0. The topological polar surface area (TPSA) is 112 Å². The maximum absolute atomic E-state index is 13.0. The largest absolute Gasteiger partial charge is 0.381 e. The molecule has 0 bridgehead atoms. The Balaban J connectivity index is 1.57. The number of carbonyl (C=O) groups excluding carboxylic acids is 2. The van der Waals surface area contributed by atoms with E-state index in [1.54, 1.807) is 54.6 Å². The normalized spacial score (nSPS) is 20.9. The van der Waals surface area contributed by atoms with E-state index in [2.05, 4.69) is 10.3 Å². The number of benzene rings is 2. The number of hydrogen-bond acceptors (Lipinski definition) is 7. The molecule has 28 heavy (non-hydrogen) atoms. The van der Waals surface area contributed by atoms with Gasteiger partial charge in [-0.2, -0.15) is 0 Å². The van der Waals surface area contributed by atoms with Gasteiger partial charge < -0.3 is 10.0 Å². The number of imide groups is 1. The molecule has 138 valence electrons. The van der Waals surface area contributed by atoms with Crippen molar-refractivity contribution in [3.05, 3.63) is 71.6 Å². The molecule has 0 N–H and O–H groups in total. The summed E-state index contributed by atoms with van der Waals surface area (Å²) in [6.07, 6.45) is -1.12. The predicted molar refractivity (Wildman–Crippen MR) is 94.7 cm³/mol. The minimum absolute atomic E-state index is 0.0249. The first-order valence-corrected chi connectivity index (χ1v) is 8.49. The number of carbonyl (C=O) groups is 2. The average Bonchev–Trinajstić information content (AvgIpc) is 3.38. The van der Waals surface area contributed by atoms with Crippen LogP contribution in [-0.2, 0) is 14.4 Å². The molecule has 0 aliphatic carbocycles. The second kappa shape index (κ2) is 6.02. The number of hydrogen-bond donors (Lipinski definition) is 0. The zero-order chi connectivity index (χ0) is 19.3. The molecule has 2 aliphatic heterocycles. The maximum Gasteiger partial charge on any atom is 0.278 e. The Hall–Kier alpha value is -4.01. The molecule has 2 aromatic carbocycles. The standard InChI is InChI=1S/C19H12N4O5/c24-18-13-15(16-14(21-28-23(16)26)11-7-3-1-4-8-11)20-27-17(13)19(25)22(18)12-9-5-2-6-10-12/h1-10,13,17H/t13-,17+/m1/s1. The highest BCUT2D eigenvalue weighted by Gasteiger charge is 2.58. The molecule has 0 radical (unpaired) electrons. The highest BCUT2D eigenvalue weighted by Crippen LogP contribution is 2.36. The van der Waals surface area contributed by atoms with Gasteiger partial charge in [0.25, 0.3) is 17.3 Å². The van der Waals surface area contributed by atoms with E-state index < -0.39 is 23.8 Å². The minimum atomic E-state index is -1.12. The van der Waals surface area contributed by atoms with Crippen LogP contribution in [0.1, 0.15) is 5.69 Å².